The molecule has 0 unspecified atom stereocenters. The van der Waals surface area contributed by atoms with Crippen LogP contribution in [0.4, 0.5) is 8.78 Å². The average Bonchev–Trinajstić information content (AvgIpc) is 2.15. The third-order valence-corrected chi connectivity index (χ3v) is 2.54. The molecule has 0 aliphatic carbocycles. The van der Waals surface area contributed by atoms with Crippen LogP contribution in [0.3, 0.4) is 0 Å². The molecular weight excluding hydrogens is 241 g/mol. The Bertz CT molecular complexity index is 457. The van der Waals surface area contributed by atoms with Crippen molar-refractivity contribution in [2.24, 2.45) is 0 Å². The van der Waals surface area contributed by atoms with Gasteiger partial charge in [0.2, 0.25) is 0 Å². The lowest BCUT2D eigenvalue weighted by Crippen LogP contribution is -2.34. The lowest BCUT2D eigenvalue weighted by Gasteiger charge is -2.13. The highest BCUT2D eigenvalue weighted by Crippen LogP contribution is 2.21. The van der Waals surface area contributed by atoms with Crippen LogP contribution in [-0.4, -0.2) is 32.7 Å². The van der Waals surface area contributed by atoms with Crippen molar-refractivity contribution in [1.82, 2.24) is 0 Å². The summed E-state index contributed by atoms with van der Waals surface area (Å²) in [4.78, 5) is 0. The summed E-state index contributed by atoms with van der Waals surface area (Å²) >= 11 is 0. The number of benzene rings is 1. The Kier molecular flexibility index (Phi) is 3.54. The molecular formula is C8H7BF2O4S. The molecule has 0 aliphatic heterocycles. The monoisotopic (exact) mass is 248 g/mol. The second-order valence-electron chi connectivity index (χ2n) is 2.97. The van der Waals surface area contributed by atoms with Gasteiger partial charge in [0.05, 0.1) is 0 Å². The van der Waals surface area contributed by atoms with Crippen LogP contribution in [0.15, 0.2) is 24.3 Å². The Labute approximate surface area is 92.4 Å². The Balaban J connectivity index is 2.68. The first-order valence-corrected chi connectivity index (χ1v) is 5.49. The van der Waals surface area contributed by atoms with Crippen LogP contribution in [0.5, 0.6) is 5.75 Å². The maximum atomic E-state index is 12.7. The van der Waals surface area contributed by atoms with E-state index in [2.05, 4.69) is 4.74 Å². The number of hydrogen-bond donors (Lipinski definition) is 1. The molecule has 0 saturated carbocycles. The van der Waals surface area contributed by atoms with Gasteiger partial charge in [-0.05, 0) is 12.1 Å². The summed E-state index contributed by atoms with van der Waals surface area (Å²) < 4.78 is 58.6. The number of hydrogen-bond acceptors (Lipinski definition) is 3. The molecule has 0 atom stereocenters. The summed E-state index contributed by atoms with van der Waals surface area (Å²) in [7, 11) is -0.125. The summed E-state index contributed by atoms with van der Waals surface area (Å²) in [5.41, 5.74) is 0.411. The van der Waals surface area contributed by atoms with Crippen molar-refractivity contribution < 1.29 is 26.5 Å². The SMILES string of the molecule is [B]c1ccc(OCC(F)(F)S(=O)(=O)O)cc1. The van der Waals surface area contributed by atoms with E-state index in [0.29, 0.717) is 5.46 Å². The van der Waals surface area contributed by atoms with Gasteiger partial charge in [0.25, 0.3) is 0 Å². The van der Waals surface area contributed by atoms with E-state index >= 15 is 0 Å². The molecule has 0 saturated heterocycles. The quantitative estimate of drug-likeness (QED) is 0.616. The van der Waals surface area contributed by atoms with Crippen molar-refractivity contribution in [2.75, 3.05) is 6.61 Å². The zero-order valence-electron chi connectivity index (χ0n) is 7.93. The molecule has 2 radical (unpaired) electrons. The molecule has 0 heterocycles. The zero-order chi connectivity index (χ0) is 12.4. The van der Waals surface area contributed by atoms with E-state index in [4.69, 9.17) is 12.4 Å². The van der Waals surface area contributed by atoms with E-state index in [1.54, 1.807) is 0 Å². The summed E-state index contributed by atoms with van der Waals surface area (Å²) in [6.45, 7) is -1.46. The maximum Gasteiger partial charge on any atom is 0.402 e. The van der Waals surface area contributed by atoms with Crippen molar-refractivity contribution in [3.05, 3.63) is 24.3 Å². The van der Waals surface area contributed by atoms with Gasteiger partial charge in [-0.25, -0.2) is 0 Å². The van der Waals surface area contributed by atoms with E-state index in [-0.39, 0.29) is 5.75 Å². The number of rotatable bonds is 4. The molecule has 1 N–H and O–H groups in total. The molecule has 0 bridgehead atoms. The summed E-state index contributed by atoms with van der Waals surface area (Å²) in [6.07, 6.45) is 0. The van der Waals surface area contributed by atoms with E-state index in [1.807, 2.05) is 0 Å². The summed E-state index contributed by atoms with van der Waals surface area (Å²) in [6, 6.07) is 5.41. The van der Waals surface area contributed by atoms with Gasteiger partial charge in [-0.2, -0.15) is 17.2 Å². The largest absolute Gasteiger partial charge is 0.486 e. The molecule has 0 spiro atoms. The molecule has 1 aromatic carbocycles. The lowest BCUT2D eigenvalue weighted by atomic mass is 9.97. The fourth-order valence-corrected chi connectivity index (χ4v) is 1.01. The van der Waals surface area contributed by atoms with Gasteiger partial charge in [0, 0.05) is 0 Å². The van der Waals surface area contributed by atoms with Crippen LogP contribution < -0.4 is 10.2 Å². The molecule has 1 aromatic rings. The molecule has 0 amide bonds. The third kappa shape index (κ3) is 3.17. The first kappa shape index (κ1) is 12.9. The molecule has 0 aliphatic rings. The first-order chi connectivity index (χ1) is 7.22. The molecule has 16 heavy (non-hydrogen) atoms. The maximum absolute atomic E-state index is 12.7. The summed E-state index contributed by atoms with van der Waals surface area (Å²) in [5.74, 6) is 0.0255. The van der Waals surface area contributed by atoms with Crippen LogP contribution in [0.1, 0.15) is 0 Å². The van der Waals surface area contributed by atoms with E-state index in [0.717, 1.165) is 0 Å². The Morgan fingerprint density at radius 2 is 1.81 bits per heavy atom. The van der Waals surface area contributed by atoms with Gasteiger partial charge < -0.3 is 4.74 Å². The molecule has 4 nitrogen and oxygen atoms in total. The van der Waals surface area contributed by atoms with Crippen LogP contribution in [0, 0.1) is 0 Å². The molecule has 8 heteroatoms. The second-order valence-corrected chi connectivity index (χ2v) is 4.52. The van der Waals surface area contributed by atoms with Gasteiger partial charge in [0.15, 0.2) is 6.61 Å². The van der Waals surface area contributed by atoms with Gasteiger partial charge in [0.1, 0.15) is 13.6 Å². The minimum absolute atomic E-state index is 0.0255. The van der Waals surface area contributed by atoms with Gasteiger partial charge in [-0.15, -0.1) is 0 Å². The predicted octanol–water partition coefficient (Wildman–Crippen LogP) is 0.340. The van der Waals surface area contributed by atoms with Crippen LogP contribution in [0.25, 0.3) is 0 Å². The highest BCUT2D eigenvalue weighted by atomic mass is 32.2. The highest BCUT2D eigenvalue weighted by Gasteiger charge is 2.45. The Morgan fingerprint density at radius 3 is 2.25 bits per heavy atom. The fourth-order valence-electron chi connectivity index (χ4n) is 0.806. The molecule has 0 aromatic heterocycles. The van der Waals surface area contributed by atoms with Crippen LogP contribution in [-0.2, 0) is 10.1 Å². The molecule has 86 valence electrons. The minimum atomic E-state index is -5.46. The Morgan fingerprint density at radius 1 is 1.31 bits per heavy atom. The molecule has 1 rings (SSSR count). The predicted molar refractivity (Wildman–Crippen MR) is 53.8 cm³/mol. The lowest BCUT2D eigenvalue weighted by molar-refractivity contribution is 0.0288. The zero-order valence-corrected chi connectivity index (χ0v) is 8.75. The van der Waals surface area contributed by atoms with Crippen LogP contribution >= 0.6 is 0 Å². The van der Waals surface area contributed by atoms with Gasteiger partial charge in [-0.1, -0.05) is 17.6 Å². The fraction of sp³-hybridized carbons (Fsp3) is 0.250. The van der Waals surface area contributed by atoms with E-state index in [1.165, 1.54) is 24.3 Å². The highest BCUT2D eigenvalue weighted by molar-refractivity contribution is 7.86. The first-order valence-electron chi connectivity index (χ1n) is 4.05. The topological polar surface area (TPSA) is 63.6 Å². The van der Waals surface area contributed by atoms with Gasteiger partial charge in [-0.3, -0.25) is 4.55 Å². The van der Waals surface area contributed by atoms with Crippen molar-refractivity contribution >= 4 is 23.4 Å². The van der Waals surface area contributed by atoms with Crippen molar-refractivity contribution in [1.29, 1.82) is 0 Å². The van der Waals surface area contributed by atoms with E-state index < -0.39 is 22.0 Å². The van der Waals surface area contributed by atoms with Crippen LogP contribution in [0.2, 0.25) is 0 Å². The normalized spacial score (nSPS) is 12.4. The average molecular weight is 248 g/mol. The Hall–Kier alpha value is -1.15. The van der Waals surface area contributed by atoms with Crippen molar-refractivity contribution in [3.8, 4) is 5.75 Å². The number of ether oxygens (including phenoxy) is 1. The van der Waals surface area contributed by atoms with E-state index in [9.17, 15) is 17.2 Å². The van der Waals surface area contributed by atoms with Crippen molar-refractivity contribution in [2.45, 2.75) is 5.25 Å². The van der Waals surface area contributed by atoms with Gasteiger partial charge >= 0.3 is 15.4 Å². The minimum Gasteiger partial charge on any atom is -0.486 e. The second kappa shape index (κ2) is 4.38. The third-order valence-electron chi connectivity index (χ3n) is 1.66. The molecule has 0 fully saturated rings. The summed E-state index contributed by atoms with van der Waals surface area (Å²) in [5, 5.41) is -4.34. The number of alkyl halides is 2. The standard InChI is InChI=1S/C8H7BF2O4S/c9-6-1-3-7(4-2-6)15-5-8(10,11)16(12,13)14/h1-4H,5H2,(H,12,13,14). The number of halogens is 2. The smallest absolute Gasteiger partial charge is 0.402 e. The van der Waals surface area contributed by atoms with Crippen molar-refractivity contribution in [3.63, 3.8) is 0 Å².